The second-order valence-corrected chi connectivity index (χ2v) is 6.29. The molecule has 0 saturated heterocycles. The Kier molecular flexibility index (Phi) is 3.14. The summed E-state index contributed by atoms with van der Waals surface area (Å²) in [5.74, 6) is 0.333. The molecule has 0 aromatic carbocycles. The molecule has 1 fully saturated rings. The molecule has 2 unspecified atom stereocenters. The summed E-state index contributed by atoms with van der Waals surface area (Å²) in [6.45, 7) is 4.50. The Balaban J connectivity index is 2.29. The van der Waals surface area contributed by atoms with Gasteiger partial charge in [-0.05, 0) is 40.1 Å². The van der Waals surface area contributed by atoms with Gasteiger partial charge < -0.3 is 5.11 Å². The minimum atomic E-state index is -0.417. The van der Waals surface area contributed by atoms with Crippen LogP contribution in [0.1, 0.15) is 44.9 Å². The highest BCUT2D eigenvalue weighted by Gasteiger charge is 2.40. The largest absolute Gasteiger partial charge is 0.386 e. The number of hydrogen-bond acceptors (Lipinski definition) is 2. The third-order valence-electron chi connectivity index (χ3n) is 3.94. The fourth-order valence-corrected chi connectivity index (χ4v) is 3.47. The summed E-state index contributed by atoms with van der Waals surface area (Å²) < 4.78 is 2.67. The minimum absolute atomic E-state index is 0.225. The predicted molar refractivity (Wildman–Crippen MR) is 67.0 cm³/mol. The molecule has 2 rings (SSSR count). The molecule has 1 aliphatic rings. The first kappa shape index (κ1) is 12.1. The fraction of sp³-hybridized carbons (Fsp3) is 0.750. The van der Waals surface area contributed by atoms with Crippen molar-refractivity contribution in [2.45, 2.75) is 39.2 Å². The van der Waals surface area contributed by atoms with E-state index in [1.54, 1.807) is 10.9 Å². The highest BCUT2D eigenvalue weighted by Crippen LogP contribution is 2.49. The van der Waals surface area contributed by atoms with E-state index in [4.69, 9.17) is 0 Å². The van der Waals surface area contributed by atoms with E-state index in [2.05, 4.69) is 34.9 Å². The van der Waals surface area contributed by atoms with Gasteiger partial charge in [-0.2, -0.15) is 5.10 Å². The van der Waals surface area contributed by atoms with Crippen molar-refractivity contribution in [2.75, 3.05) is 0 Å². The lowest BCUT2D eigenvalue weighted by Crippen LogP contribution is -2.25. The average Bonchev–Trinajstić information content (AvgIpc) is 2.69. The molecule has 0 amide bonds. The molecule has 1 aliphatic carbocycles. The van der Waals surface area contributed by atoms with Crippen LogP contribution in [0.5, 0.6) is 0 Å². The van der Waals surface area contributed by atoms with E-state index in [0.717, 1.165) is 16.6 Å². The molecule has 1 N–H and O–H groups in total. The van der Waals surface area contributed by atoms with Gasteiger partial charge in [-0.25, -0.2) is 0 Å². The molecule has 0 radical (unpaired) electrons. The van der Waals surface area contributed by atoms with Crippen molar-refractivity contribution >= 4 is 15.9 Å². The van der Waals surface area contributed by atoms with E-state index in [0.29, 0.717) is 5.92 Å². The smallest absolute Gasteiger partial charge is 0.100 e. The van der Waals surface area contributed by atoms with E-state index < -0.39 is 6.10 Å². The van der Waals surface area contributed by atoms with Crippen LogP contribution in [0.4, 0.5) is 0 Å². The number of rotatable bonds is 2. The fourth-order valence-electron chi connectivity index (χ4n) is 2.88. The lowest BCUT2D eigenvalue weighted by molar-refractivity contribution is 0.0466. The maximum Gasteiger partial charge on any atom is 0.100 e. The summed E-state index contributed by atoms with van der Waals surface area (Å²) in [5.41, 5.74) is 1.13. The molecule has 0 aliphatic heterocycles. The minimum Gasteiger partial charge on any atom is -0.386 e. The van der Waals surface area contributed by atoms with E-state index >= 15 is 0 Å². The summed E-state index contributed by atoms with van der Waals surface area (Å²) in [5, 5.41) is 14.7. The zero-order valence-corrected chi connectivity index (χ0v) is 11.7. The number of aromatic nitrogens is 2. The van der Waals surface area contributed by atoms with Crippen LogP contribution in [0.3, 0.4) is 0 Å². The number of halogens is 1. The molecule has 4 heteroatoms. The van der Waals surface area contributed by atoms with Crippen LogP contribution >= 0.6 is 15.9 Å². The van der Waals surface area contributed by atoms with Gasteiger partial charge in [0.15, 0.2) is 0 Å². The van der Waals surface area contributed by atoms with Gasteiger partial charge in [-0.1, -0.05) is 20.3 Å². The van der Waals surface area contributed by atoms with Crippen LogP contribution in [-0.4, -0.2) is 14.9 Å². The maximum absolute atomic E-state index is 10.5. The standard InChI is InChI=1S/C12H19BrN2O/c1-12(2)6-4-5-8(12)11(16)10-9(13)7-14-15(10)3/h7-8,11,16H,4-6H2,1-3H3. The number of nitrogens with zero attached hydrogens (tertiary/aromatic N) is 2. The van der Waals surface area contributed by atoms with Crippen LogP contribution < -0.4 is 0 Å². The van der Waals surface area contributed by atoms with E-state index in [9.17, 15) is 5.11 Å². The molecule has 90 valence electrons. The Labute approximate surface area is 105 Å². The van der Waals surface area contributed by atoms with Gasteiger partial charge in [0.1, 0.15) is 6.10 Å². The molecular formula is C12H19BrN2O. The summed E-state index contributed by atoms with van der Waals surface area (Å²) in [6, 6.07) is 0. The van der Waals surface area contributed by atoms with Crippen LogP contribution in [-0.2, 0) is 7.05 Å². The van der Waals surface area contributed by atoms with Gasteiger partial charge >= 0.3 is 0 Å². The second-order valence-electron chi connectivity index (χ2n) is 5.43. The van der Waals surface area contributed by atoms with Gasteiger partial charge in [-0.3, -0.25) is 4.68 Å². The van der Waals surface area contributed by atoms with Crippen molar-refractivity contribution in [2.24, 2.45) is 18.4 Å². The predicted octanol–water partition coefficient (Wildman–Crippen LogP) is 3.04. The zero-order valence-electron chi connectivity index (χ0n) is 10.1. The van der Waals surface area contributed by atoms with Crippen molar-refractivity contribution < 1.29 is 5.11 Å². The van der Waals surface area contributed by atoms with Crippen molar-refractivity contribution in [3.63, 3.8) is 0 Å². The molecule has 1 aromatic rings. The first-order chi connectivity index (χ1) is 7.43. The zero-order chi connectivity index (χ0) is 11.9. The molecule has 1 aromatic heterocycles. The second kappa shape index (κ2) is 4.15. The monoisotopic (exact) mass is 286 g/mol. The normalized spacial score (nSPS) is 25.9. The van der Waals surface area contributed by atoms with Crippen LogP contribution in [0.15, 0.2) is 10.7 Å². The molecular weight excluding hydrogens is 268 g/mol. The van der Waals surface area contributed by atoms with Crippen LogP contribution in [0.25, 0.3) is 0 Å². The summed E-state index contributed by atoms with van der Waals surface area (Å²) in [6.07, 6.45) is 4.85. The molecule has 1 heterocycles. The first-order valence-corrected chi connectivity index (χ1v) is 6.58. The van der Waals surface area contributed by atoms with Gasteiger partial charge in [0.2, 0.25) is 0 Å². The highest BCUT2D eigenvalue weighted by molar-refractivity contribution is 9.10. The summed E-state index contributed by atoms with van der Waals surface area (Å²) in [4.78, 5) is 0. The topological polar surface area (TPSA) is 38.0 Å². The summed E-state index contributed by atoms with van der Waals surface area (Å²) in [7, 11) is 1.88. The van der Waals surface area contributed by atoms with Gasteiger partial charge in [0.25, 0.3) is 0 Å². The maximum atomic E-state index is 10.5. The number of aliphatic hydroxyl groups excluding tert-OH is 1. The quantitative estimate of drug-likeness (QED) is 0.908. The number of aliphatic hydroxyl groups is 1. The van der Waals surface area contributed by atoms with E-state index in [1.165, 1.54) is 12.8 Å². The molecule has 0 bridgehead atoms. The highest BCUT2D eigenvalue weighted by atomic mass is 79.9. The Morgan fingerprint density at radius 2 is 2.31 bits per heavy atom. The van der Waals surface area contributed by atoms with Crippen molar-refractivity contribution in [3.05, 3.63) is 16.4 Å². The first-order valence-electron chi connectivity index (χ1n) is 5.79. The van der Waals surface area contributed by atoms with E-state index in [-0.39, 0.29) is 5.41 Å². The third-order valence-corrected chi connectivity index (χ3v) is 4.55. The number of aryl methyl sites for hydroxylation is 1. The van der Waals surface area contributed by atoms with Crippen molar-refractivity contribution in [3.8, 4) is 0 Å². The lowest BCUT2D eigenvalue weighted by atomic mass is 9.78. The molecule has 3 nitrogen and oxygen atoms in total. The molecule has 2 atom stereocenters. The van der Waals surface area contributed by atoms with Crippen LogP contribution in [0, 0.1) is 11.3 Å². The summed E-state index contributed by atoms with van der Waals surface area (Å²) >= 11 is 3.46. The van der Waals surface area contributed by atoms with Crippen molar-refractivity contribution in [1.82, 2.24) is 9.78 Å². The molecule has 1 saturated carbocycles. The van der Waals surface area contributed by atoms with Crippen LogP contribution in [0.2, 0.25) is 0 Å². The van der Waals surface area contributed by atoms with Gasteiger partial charge in [-0.15, -0.1) is 0 Å². The Morgan fingerprint density at radius 1 is 1.62 bits per heavy atom. The van der Waals surface area contributed by atoms with Gasteiger partial charge in [0.05, 0.1) is 16.4 Å². The number of hydrogen-bond donors (Lipinski definition) is 1. The Morgan fingerprint density at radius 3 is 2.75 bits per heavy atom. The Bertz CT molecular complexity index is 367. The van der Waals surface area contributed by atoms with Crippen molar-refractivity contribution in [1.29, 1.82) is 0 Å². The van der Waals surface area contributed by atoms with Gasteiger partial charge in [0, 0.05) is 7.05 Å². The lowest BCUT2D eigenvalue weighted by Gasteiger charge is -2.31. The Hall–Kier alpha value is -0.350. The van der Waals surface area contributed by atoms with E-state index in [1.807, 2.05) is 7.05 Å². The molecule has 0 spiro atoms. The average molecular weight is 287 g/mol. The third kappa shape index (κ3) is 1.93. The molecule has 16 heavy (non-hydrogen) atoms. The SMILES string of the molecule is Cn1ncc(Br)c1C(O)C1CCCC1(C)C.